The summed E-state index contributed by atoms with van der Waals surface area (Å²) in [5.41, 5.74) is -0.0886. The maximum atomic E-state index is 14.0. The number of amides is 1. The van der Waals surface area contributed by atoms with Crippen molar-refractivity contribution < 1.29 is 45.0 Å². The van der Waals surface area contributed by atoms with Crippen LogP contribution < -0.4 is 20.1 Å². The fourth-order valence-electron chi connectivity index (χ4n) is 2.52. The van der Waals surface area contributed by atoms with Gasteiger partial charge in [0, 0.05) is 12.1 Å². The number of halogens is 7. The highest BCUT2D eigenvalue weighted by Crippen LogP contribution is 2.37. The van der Waals surface area contributed by atoms with Crippen molar-refractivity contribution in [1.82, 2.24) is 15.6 Å². The van der Waals surface area contributed by atoms with Gasteiger partial charge >= 0.3 is 12.4 Å². The van der Waals surface area contributed by atoms with Gasteiger partial charge in [-0.15, -0.1) is 0 Å². The number of pyridine rings is 1. The number of methoxy groups -OCH3 is 1. The average Bonchev–Trinajstić information content (AvgIpc) is 3.11. The Hall–Kier alpha value is -2.31. The van der Waals surface area contributed by atoms with Crippen LogP contribution in [0.4, 0.5) is 30.7 Å². The molecule has 158 valence electrons. The molecule has 28 heavy (non-hydrogen) atoms. The van der Waals surface area contributed by atoms with E-state index in [-0.39, 0.29) is 12.1 Å². The quantitative estimate of drug-likeness (QED) is 0.694. The SMILES string of the molecule is COc1nc(OC(C(F)(F)F)C(F)(F)F)c(F)cc1CNC(=O)[C@@H]1CCCN1. The van der Waals surface area contributed by atoms with E-state index < -0.39 is 48.0 Å². The number of aromatic nitrogens is 1. The predicted octanol–water partition coefficient (Wildman–Crippen LogP) is 2.47. The predicted molar refractivity (Wildman–Crippen MR) is 80.1 cm³/mol. The van der Waals surface area contributed by atoms with E-state index in [1.807, 2.05) is 0 Å². The van der Waals surface area contributed by atoms with Crippen LogP contribution in [0.2, 0.25) is 0 Å². The zero-order valence-electron chi connectivity index (χ0n) is 14.4. The Labute approximate surface area is 154 Å². The van der Waals surface area contributed by atoms with Crippen molar-refractivity contribution in [2.24, 2.45) is 0 Å². The summed E-state index contributed by atoms with van der Waals surface area (Å²) in [6, 6.07) is 0.151. The third-order valence-corrected chi connectivity index (χ3v) is 3.83. The number of carbonyl (C=O) groups excluding carboxylic acids is 1. The van der Waals surface area contributed by atoms with Gasteiger partial charge in [-0.25, -0.2) is 4.39 Å². The lowest BCUT2D eigenvalue weighted by atomic mass is 10.2. The molecule has 1 aliphatic rings. The van der Waals surface area contributed by atoms with Gasteiger partial charge < -0.3 is 20.1 Å². The van der Waals surface area contributed by atoms with E-state index in [1.165, 1.54) is 0 Å². The molecule has 2 rings (SSSR count). The minimum atomic E-state index is -5.83. The smallest absolute Gasteiger partial charge is 0.434 e. The molecule has 1 atom stereocenters. The Balaban J connectivity index is 2.19. The van der Waals surface area contributed by atoms with Crippen LogP contribution in [0.5, 0.6) is 11.8 Å². The van der Waals surface area contributed by atoms with Crippen LogP contribution in [0.1, 0.15) is 18.4 Å². The van der Waals surface area contributed by atoms with Gasteiger partial charge in [-0.1, -0.05) is 0 Å². The third-order valence-electron chi connectivity index (χ3n) is 3.83. The van der Waals surface area contributed by atoms with Crippen LogP contribution in [0.3, 0.4) is 0 Å². The molecule has 1 aromatic rings. The molecule has 0 bridgehead atoms. The Morgan fingerprint density at radius 3 is 2.43 bits per heavy atom. The summed E-state index contributed by atoms with van der Waals surface area (Å²) >= 11 is 0. The molecular weight excluding hydrogens is 403 g/mol. The molecule has 0 aromatic carbocycles. The van der Waals surface area contributed by atoms with Gasteiger partial charge in [-0.05, 0) is 25.5 Å². The van der Waals surface area contributed by atoms with Crippen molar-refractivity contribution in [2.45, 2.75) is 43.9 Å². The summed E-state index contributed by atoms with van der Waals surface area (Å²) in [6.07, 6.45) is -14.5. The van der Waals surface area contributed by atoms with Crippen molar-refractivity contribution in [3.8, 4) is 11.8 Å². The zero-order valence-corrected chi connectivity index (χ0v) is 14.4. The molecule has 1 saturated heterocycles. The van der Waals surface area contributed by atoms with Gasteiger partial charge in [-0.2, -0.15) is 31.3 Å². The lowest BCUT2D eigenvalue weighted by molar-refractivity contribution is -0.300. The summed E-state index contributed by atoms with van der Waals surface area (Å²) in [5, 5.41) is 5.39. The van der Waals surface area contributed by atoms with E-state index in [1.54, 1.807) is 0 Å². The van der Waals surface area contributed by atoms with Crippen molar-refractivity contribution in [1.29, 1.82) is 0 Å². The van der Waals surface area contributed by atoms with E-state index in [0.29, 0.717) is 19.0 Å². The number of hydrogen-bond acceptors (Lipinski definition) is 5. The van der Waals surface area contributed by atoms with Crippen molar-refractivity contribution in [2.75, 3.05) is 13.7 Å². The van der Waals surface area contributed by atoms with Gasteiger partial charge in [0.1, 0.15) is 0 Å². The Morgan fingerprint density at radius 2 is 1.93 bits per heavy atom. The first-order valence-electron chi connectivity index (χ1n) is 7.98. The van der Waals surface area contributed by atoms with Crippen LogP contribution in [0.25, 0.3) is 0 Å². The Bertz CT molecular complexity index is 689. The first-order chi connectivity index (χ1) is 12.9. The molecule has 1 aromatic heterocycles. The van der Waals surface area contributed by atoms with Gasteiger partial charge in [0.25, 0.3) is 12.0 Å². The molecule has 0 aliphatic carbocycles. The summed E-state index contributed by atoms with van der Waals surface area (Å²) in [7, 11) is 1.03. The van der Waals surface area contributed by atoms with E-state index >= 15 is 0 Å². The van der Waals surface area contributed by atoms with Crippen molar-refractivity contribution in [3.63, 3.8) is 0 Å². The summed E-state index contributed by atoms with van der Waals surface area (Å²) in [5.74, 6) is -3.97. The monoisotopic (exact) mass is 419 g/mol. The summed E-state index contributed by atoms with van der Waals surface area (Å²) in [6.45, 7) is 0.357. The molecule has 0 saturated carbocycles. The van der Waals surface area contributed by atoms with Crippen molar-refractivity contribution >= 4 is 5.91 Å². The second-order valence-corrected chi connectivity index (χ2v) is 5.89. The lowest BCUT2D eigenvalue weighted by Gasteiger charge is -2.23. The van der Waals surface area contributed by atoms with E-state index in [9.17, 15) is 35.5 Å². The molecular formula is C15H16F7N3O3. The molecule has 0 radical (unpaired) electrons. The van der Waals surface area contributed by atoms with E-state index in [2.05, 4.69) is 20.4 Å². The number of nitrogens with one attached hydrogen (secondary N) is 2. The van der Waals surface area contributed by atoms with E-state index in [0.717, 1.165) is 13.5 Å². The van der Waals surface area contributed by atoms with Crippen molar-refractivity contribution in [3.05, 3.63) is 17.4 Å². The number of alkyl halides is 6. The number of ether oxygens (including phenoxy) is 2. The van der Waals surface area contributed by atoms with E-state index in [4.69, 9.17) is 4.74 Å². The lowest BCUT2D eigenvalue weighted by Crippen LogP contribution is -2.46. The second-order valence-electron chi connectivity index (χ2n) is 5.89. The number of nitrogens with zero attached hydrogens (tertiary/aromatic N) is 1. The van der Waals surface area contributed by atoms with Crippen LogP contribution in [-0.2, 0) is 11.3 Å². The standard InChI is InChI=1S/C15H16F7N3O3/c1-27-11-7(6-24-10(26)9-3-2-4-23-9)5-8(16)12(25-11)28-13(14(17,18)19)15(20,21)22/h5,9,13,23H,2-4,6H2,1H3,(H,24,26)/t9-/m0/s1. The first-order valence-corrected chi connectivity index (χ1v) is 7.98. The maximum Gasteiger partial charge on any atom is 0.434 e. The van der Waals surface area contributed by atoms with Crippen LogP contribution in [0, 0.1) is 5.82 Å². The fourth-order valence-corrected chi connectivity index (χ4v) is 2.52. The summed E-state index contributed by atoms with van der Waals surface area (Å²) < 4.78 is 98.0. The highest BCUT2D eigenvalue weighted by Gasteiger charge is 2.59. The molecule has 2 heterocycles. The highest BCUT2D eigenvalue weighted by molar-refractivity contribution is 5.82. The minimum absolute atomic E-state index is 0.0886. The Morgan fingerprint density at radius 1 is 1.29 bits per heavy atom. The normalized spacial score (nSPS) is 17.7. The number of hydrogen-bond donors (Lipinski definition) is 2. The second kappa shape index (κ2) is 8.37. The largest absolute Gasteiger partial charge is 0.481 e. The number of rotatable bonds is 6. The molecule has 6 nitrogen and oxygen atoms in total. The van der Waals surface area contributed by atoms with Crippen LogP contribution >= 0.6 is 0 Å². The molecule has 1 amide bonds. The molecule has 13 heteroatoms. The highest BCUT2D eigenvalue weighted by atomic mass is 19.4. The molecule has 0 unspecified atom stereocenters. The maximum absolute atomic E-state index is 14.0. The van der Waals surface area contributed by atoms with Gasteiger partial charge in [0.15, 0.2) is 5.82 Å². The summed E-state index contributed by atoms with van der Waals surface area (Å²) in [4.78, 5) is 15.2. The van der Waals surface area contributed by atoms with Gasteiger partial charge in [0.05, 0.1) is 13.2 Å². The van der Waals surface area contributed by atoms with Gasteiger partial charge in [-0.3, -0.25) is 4.79 Å². The topological polar surface area (TPSA) is 72.5 Å². The molecule has 1 aliphatic heterocycles. The average molecular weight is 419 g/mol. The fraction of sp³-hybridized carbons (Fsp3) is 0.600. The zero-order chi connectivity index (χ0) is 21.1. The van der Waals surface area contributed by atoms with Gasteiger partial charge in [0.2, 0.25) is 11.8 Å². The number of carbonyl (C=O) groups is 1. The molecule has 0 spiro atoms. The first kappa shape index (κ1) is 22.0. The minimum Gasteiger partial charge on any atom is -0.481 e. The van der Waals surface area contributed by atoms with Crippen LogP contribution in [-0.4, -0.2) is 49.0 Å². The Kier molecular flexibility index (Phi) is 6.57. The molecule has 2 N–H and O–H groups in total. The van der Waals surface area contributed by atoms with Crippen LogP contribution in [0.15, 0.2) is 6.07 Å². The third kappa shape index (κ3) is 5.36. The molecule has 1 fully saturated rings.